The first kappa shape index (κ1) is 20.0. The summed E-state index contributed by atoms with van der Waals surface area (Å²) in [5.41, 5.74) is 6.05. The van der Waals surface area contributed by atoms with E-state index in [2.05, 4.69) is 13.8 Å². The number of carbonyl (C=O) groups excluding carboxylic acids is 2. The smallest absolute Gasteiger partial charge is 0.254 e. The van der Waals surface area contributed by atoms with E-state index in [1.54, 1.807) is 24.3 Å². The molecule has 0 fully saturated rings. The van der Waals surface area contributed by atoms with Gasteiger partial charge in [0.15, 0.2) is 0 Å². The van der Waals surface area contributed by atoms with Gasteiger partial charge in [0, 0.05) is 39.3 Å². The zero-order chi connectivity index (χ0) is 15.0. The van der Waals surface area contributed by atoms with Gasteiger partial charge in [-0.1, -0.05) is 38.8 Å². The van der Waals surface area contributed by atoms with E-state index in [-0.39, 0.29) is 32.1 Å². The molecule has 0 aromatic heterocycles. The number of carbonyl (C=O) groups is 2. The fraction of sp³-hybridized carbons (Fsp3) is 0.500. The molecule has 4 nitrogen and oxygen atoms in total. The number of hydrogen-bond donors (Lipinski definition) is 1. The molecule has 1 rings (SSSR count). The van der Waals surface area contributed by atoms with E-state index in [1.165, 1.54) is 0 Å². The maximum absolute atomic E-state index is 12.6. The normalized spacial score (nSPS) is 9.81. The molecule has 0 aliphatic carbocycles. The zero-order valence-electron chi connectivity index (χ0n) is 12.9. The Kier molecular flexibility index (Phi) is 10.2. The van der Waals surface area contributed by atoms with E-state index in [0.717, 1.165) is 38.8 Å². The summed E-state index contributed by atoms with van der Waals surface area (Å²) in [4.78, 5) is 25.9. The minimum atomic E-state index is -0.556. The maximum Gasteiger partial charge on any atom is 0.254 e. The number of amides is 2. The number of benzene rings is 1. The van der Waals surface area contributed by atoms with Crippen LogP contribution in [-0.2, 0) is 26.2 Å². The Hall–Kier alpha value is -0.957. The van der Waals surface area contributed by atoms with Gasteiger partial charge in [-0.3, -0.25) is 9.59 Å². The molecule has 0 unspecified atom stereocenters. The van der Waals surface area contributed by atoms with Gasteiger partial charge in [-0.25, -0.2) is 0 Å². The van der Waals surface area contributed by atoms with Gasteiger partial charge >= 0.3 is 0 Å². The predicted molar refractivity (Wildman–Crippen MR) is 80.7 cm³/mol. The molecule has 21 heavy (non-hydrogen) atoms. The van der Waals surface area contributed by atoms with E-state index < -0.39 is 5.91 Å². The van der Waals surface area contributed by atoms with Crippen molar-refractivity contribution in [2.24, 2.45) is 5.73 Å². The fourth-order valence-corrected chi connectivity index (χ4v) is 2.07. The third-order valence-corrected chi connectivity index (χ3v) is 3.27. The Labute approximate surface area is 146 Å². The topological polar surface area (TPSA) is 63.4 Å². The van der Waals surface area contributed by atoms with Crippen LogP contribution in [0.1, 0.15) is 60.2 Å². The van der Waals surface area contributed by atoms with Crippen LogP contribution >= 0.6 is 0 Å². The van der Waals surface area contributed by atoms with Crippen LogP contribution in [0, 0.1) is 0 Å². The molecule has 0 saturated carbocycles. The van der Waals surface area contributed by atoms with Crippen molar-refractivity contribution < 1.29 is 35.8 Å². The first-order valence-corrected chi connectivity index (χ1v) is 7.29. The number of hydrogen-bond acceptors (Lipinski definition) is 2. The first-order valence-electron chi connectivity index (χ1n) is 7.29. The average Bonchev–Trinajstić information content (AvgIpc) is 2.46. The van der Waals surface area contributed by atoms with E-state index in [4.69, 9.17) is 5.73 Å². The number of primary amides is 1. The molecule has 0 bridgehead atoms. The van der Waals surface area contributed by atoms with Gasteiger partial charge in [-0.2, -0.15) is 0 Å². The molecule has 0 radical (unpaired) electrons. The third kappa shape index (κ3) is 6.13. The molecule has 2 N–H and O–H groups in total. The fourth-order valence-electron chi connectivity index (χ4n) is 2.07. The van der Waals surface area contributed by atoms with Crippen molar-refractivity contribution >= 4 is 11.8 Å². The molecular formula is C16H24N2O2Zr. The second-order valence-corrected chi connectivity index (χ2v) is 4.91. The van der Waals surface area contributed by atoms with Gasteiger partial charge in [0.2, 0.25) is 5.91 Å². The van der Waals surface area contributed by atoms with Crippen molar-refractivity contribution in [1.29, 1.82) is 0 Å². The maximum atomic E-state index is 12.6. The van der Waals surface area contributed by atoms with Crippen molar-refractivity contribution in [2.75, 3.05) is 13.1 Å². The average molecular weight is 368 g/mol. The summed E-state index contributed by atoms with van der Waals surface area (Å²) < 4.78 is 0. The Morgan fingerprint density at radius 2 is 1.48 bits per heavy atom. The van der Waals surface area contributed by atoms with Crippen LogP contribution in [0.5, 0.6) is 0 Å². The quantitative estimate of drug-likeness (QED) is 0.768. The third-order valence-electron chi connectivity index (χ3n) is 3.27. The number of unbranched alkanes of at least 4 members (excludes halogenated alkanes) is 2. The molecule has 5 heteroatoms. The van der Waals surface area contributed by atoms with Gasteiger partial charge in [-0.05, 0) is 25.0 Å². The van der Waals surface area contributed by atoms with Crippen LogP contribution in [0.3, 0.4) is 0 Å². The molecule has 0 saturated heterocycles. The monoisotopic (exact) mass is 366 g/mol. The molecule has 0 aliphatic heterocycles. The minimum Gasteiger partial charge on any atom is -0.366 e. The Bertz CT molecular complexity index is 455. The summed E-state index contributed by atoms with van der Waals surface area (Å²) in [6.45, 7) is 5.64. The summed E-state index contributed by atoms with van der Waals surface area (Å²) in [7, 11) is 0. The summed E-state index contributed by atoms with van der Waals surface area (Å²) in [6.07, 6.45) is 4.00. The van der Waals surface area contributed by atoms with Crippen molar-refractivity contribution in [3.63, 3.8) is 0 Å². The molecule has 0 spiro atoms. The molecule has 0 heterocycles. The summed E-state index contributed by atoms with van der Waals surface area (Å²) in [5, 5.41) is 0. The summed E-state index contributed by atoms with van der Waals surface area (Å²) in [5.74, 6) is -0.652. The van der Waals surface area contributed by atoms with E-state index in [0.29, 0.717) is 11.1 Å². The number of nitrogens with two attached hydrogens (primary N) is 1. The van der Waals surface area contributed by atoms with Crippen molar-refractivity contribution in [2.45, 2.75) is 39.5 Å². The summed E-state index contributed by atoms with van der Waals surface area (Å²) in [6, 6.07) is 6.76. The second kappa shape index (κ2) is 10.7. The van der Waals surface area contributed by atoms with Crippen LogP contribution in [0.2, 0.25) is 0 Å². The first-order chi connectivity index (χ1) is 9.61. The standard InChI is InChI=1S/C16H24N2O2.Zr/c1-3-5-11-18(12-6-4-2)16(20)14-10-8-7-9-13(14)15(17)19;/h7-10H,3-6,11-12H2,1-2H3,(H2,17,19);. The zero-order valence-corrected chi connectivity index (χ0v) is 15.4. The van der Waals surface area contributed by atoms with E-state index >= 15 is 0 Å². The van der Waals surface area contributed by atoms with E-state index in [9.17, 15) is 9.59 Å². The number of nitrogens with zero attached hydrogens (tertiary/aromatic N) is 1. The van der Waals surface area contributed by atoms with Crippen LogP contribution < -0.4 is 5.73 Å². The number of rotatable bonds is 8. The Morgan fingerprint density at radius 3 is 1.90 bits per heavy atom. The van der Waals surface area contributed by atoms with Crippen molar-refractivity contribution in [3.8, 4) is 0 Å². The molecule has 114 valence electrons. The molecular weight excluding hydrogens is 343 g/mol. The van der Waals surface area contributed by atoms with Gasteiger partial charge in [0.1, 0.15) is 0 Å². The molecule has 0 aliphatic rings. The van der Waals surface area contributed by atoms with Crippen molar-refractivity contribution in [3.05, 3.63) is 35.4 Å². The Balaban J connectivity index is 0.00000400. The minimum absolute atomic E-state index is 0. The molecule has 1 aromatic rings. The molecule has 0 atom stereocenters. The molecule has 2 amide bonds. The van der Waals surface area contributed by atoms with E-state index in [1.807, 2.05) is 4.90 Å². The van der Waals surface area contributed by atoms with Gasteiger partial charge in [0.05, 0.1) is 11.1 Å². The molecule has 1 aromatic carbocycles. The Morgan fingerprint density at radius 1 is 1.00 bits per heavy atom. The van der Waals surface area contributed by atoms with Gasteiger partial charge in [0.25, 0.3) is 5.91 Å². The SMILES string of the molecule is CCCCN(CCCC)C(=O)c1ccccc1C(N)=O.[Zr]. The van der Waals surface area contributed by atoms with Crippen LogP contribution in [0.4, 0.5) is 0 Å². The van der Waals surface area contributed by atoms with Crippen LogP contribution in [0.15, 0.2) is 24.3 Å². The van der Waals surface area contributed by atoms with Crippen LogP contribution in [-0.4, -0.2) is 29.8 Å². The van der Waals surface area contributed by atoms with Gasteiger partial charge < -0.3 is 10.6 Å². The largest absolute Gasteiger partial charge is 0.366 e. The van der Waals surface area contributed by atoms with Crippen molar-refractivity contribution in [1.82, 2.24) is 4.90 Å². The van der Waals surface area contributed by atoms with Gasteiger partial charge in [-0.15, -0.1) is 0 Å². The predicted octanol–water partition coefficient (Wildman–Crippen LogP) is 2.83. The van der Waals surface area contributed by atoms with Crippen LogP contribution in [0.25, 0.3) is 0 Å². The second-order valence-electron chi connectivity index (χ2n) is 4.91. The summed E-state index contributed by atoms with van der Waals surface area (Å²) >= 11 is 0.